The van der Waals surface area contributed by atoms with E-state index in [2.05, 4.69) is 31.3 Å². The Kier molecular flexibility index (Phi) is 7.56. The van der Waals surface area contributed by atoms with Crippen molar-refractivity contribution in [2.24, 2.45) is 0 Å². The van der Waals surface area contributed by atoms with Gasteiger partial charge < -0.3 is 25.2 Å². The molecule has 2 unspecified atom stereocenters. The lowest BCUT2D eigenvalue weighted by atomic mass is 10.0. The number of nitriles is 1. The molecule has 2 aromatic heterocycles. The molecular formula is C25H26FN7O4. The molecule has 1 amide bonds. The van der Waals surface area contributed by atoms with Crippen molar-refractivity contribution >= 4 is 17.5 Å². The first-order valence-electron chi connectivity index (χ1n) is 11.6. The first kappa shape index (κ1) is 25.9. The van der Waals surface area contributed by atoms with E-state index in [1.54, 1.807) is 50.4 Å². The van der Waals surface area contributed by atoms with Gasteiger partial charge in [0.1, 0.15) is 36.5 Å². The molecule has 37 heavy (non-hydrogen) atoms. The Labute approximate surface area is 212 Å². The Hall–Kier alpha value is -4.21. The Bertz CT molecular complexity index is 1310. The molecule has 0 spiro atoms. The second kappa shape index (κ2) is 10.8. The number of likely N-dealkylation sites (tertiary alicyclic amines) is 1. The number of amides is 1. The summed E-state index contributed by atoms with van der Waals surface area (Å²) in [6.07, 6.45) is 0.825. The quantitative estimate of drug-likeness (QED) is 0.432. The van der Waals surface area contributed by atoms with E-state index >= 15 is 0 Å². The van der Waals surface area contributed by atoms with Crippen LogP contribution in [0.15, 0.2) is 42.9 Å². The van der Waals surface area contributed by atoms with Gasteiger partial charge in [0, 0.05) is 18.5 Å². The van der Waals surface area contributed by atoms with Crippen LogP contribution in [0.1, 0.15) is 31.5 Å². The van der Waals surface area contributed by atoms with Crippen molar-refractivity contribution in [2.45, 2.75) is 38.1 Å². The topological polar surface area (TPSA) is 157 Å². The van der Waals surface area contributed by atoms with Crippen LogP contribution in [-0.2, 0) is 10.4 Å². The summed E-state index contributed by atoms with van der Waals surface area (Å²) < 4.78 is 20.4. The minimum absolute atomic E-state index is 0.180. The number of aromatic nitrogens is 4. The Morgan fingerprint density at radius 1 is 1.30 bits per heavy atom. The molecule has 4 rings (SSSR count). The van der Waals surface area contributed by atoms with E-state index in [0.29, 0.717) is 22.8 Å². The monoisotopic (exact) mass is 507 g/mol. The number of carbonyl (C=O) groups is 1. The van der Waals surface area contributed by atoms with Crippen molar-refractivity contribution < 1.29 is 24.1 Å². The average Bonchev–Trinajstić information content (AvgIpc) is 2.89. The maximum Gasteiger partial charge on any atom is 0.248 e. The van der Waals surface area contributed by atoms with E-state index in [4.69, 9.17) is 9.84 Å². The molecule has 0 aliphatic carbocycles. The van der Waals surface area contributed by atoms with Crippen LogP contribution in [0.4, 0.5) is 16.0 Å². The molecule has 2 atom stereocenters. The van der Waals surface area contributed by atoms with Gasteiger partial charge in [-0.2, -0.15) is 10.2 Å². The van der Waals surface area contributed by atoms with Crippen molar-refractivity contribution in [2.75, 3.05) is 25.0 Å². The summed E-state index contributed by atoms with van der Waals surface area (Å²) in [5.74, 6) is 0.245. The number of alkyl halides is 1. The molecule has 1 aliphatic heterocycles. The summed E-state index contributed by atoms with van der Waals surface area (Å²) in [4.78, 5) is 29.8. The van der Waals surface area contributed by atoms with E-state index in [1.165, 1.54) is 11.2 Å². The summed E-state index contributed by atoms with van der Waals surface area (Å²) in [7, 11) is 0. The lowest BCUT2D eigenvalue weighted by Crippen LogP contribution is -2.50. The molecule has 0 radical (unpaired) electrons. The molecule has 12 heteroatoms. The van der Waals surface area contributed by atoms with Gasteiger partial charge in [-0.3, -0.25) is 9.78 Å². The third-order valence-corrected chi connectivity index (χ3v) is 5.82. The van der Waals surface area contributed by atoms with Crippen LogP contribution in [0.3, 0.4) is 0 Å². The molecule has 0 bridgehead atoms. The van der Waals surface area contributed by atoms with Crippen LogP contribution in [-0.4, -0.2) is 72.9 Å². The highest BCUT2D eigenvalue weighted by Crippen LogP contribution is 2.28. The highest BCUT2D eigenvalue weighted by Gasteiger charge is 2.33. The van der Waals surface area contributed by atoms with Gasteiger partial charge in [-0.25, -0.2) is 14.4 Å². The fourth-order valence-corrected chi connectivity index (χ4v) is 3.82. The van der Waals surface area contributed by atoms with Gasteiger partial charge in [0.15, 0.2) is 12.0 Å². The minimum Gasteiger partial charge on any atom is -0.486 e. The van der Waals surface area contributed by atoms with Crippen LogP contribution in [0, 0.1) is 11.3 Å². The lowest BCUT2D eigenvalue weighted by Gasteiger charge is -2.34. The fourth-order valence-electron chi connectivity index (χ4n) is 3.82. The first-order valence-corrected chi connectivity index (χ1v) is 11.6. The molecule has 1 aliphatic rings. The molecule has 1 aromatic carbocycles. The normalized spacial score (nSPS) is 17.7. The number of benzene rings is 1. The molecule has 3 heterocycles. The number of nitrogens with one attached hydrogen (secondary N) is 1. The maximum absolute atomic E-state index is 14.6. The number of hydrogen-bond donors (Lipinski definition) is 3. The SMILES string of the molecule is CC(C)(O)c1ccc(Nc2ncnc(-c3ccc(OC4CCN(C(=O)CO)CC4F)c(C#N)c3)n2)cn1. The second-order valence-electron chi connectivity index (χ2n) is 9.03. The second-order valence-corrected chi connectivity index (χ2v) is 9.03. The van der Waals surface area contributed by atoms with E-state index in [1.807, 2.05) is 0 Å². The predicted octanol–water partition coefficient (Wildman–Crippen LogP) is 2.09. The van der Waals surface area contributed by atoms with Gasteiger partial charge in [0.2, 0.25) is 11.9 Å². The zero-order valence-corrected chi connectivity index (χ0v) is 20.3. The number of aliphatic hydroxyl groups is 2. The minimum atomic E-state index is -1.46. The predicted molar refractivity (Wildman–Crippen MR) is 130 cm³/mol. The zero-order valence-electron chi connectivity index (χ0n) is 20.3. The third kappa shape index (κ3) is 6.14. The molecule has 1 fully saturated rings. The number of hydrogen-bond acceptors (Lipinski definition) is 10. The number of halogens is 1. The van der Waals surface area contributed by atoms with Crippen molar-refractivity contribution in [1.29, 1.82) is 5.26 Å². The number of piperidine rings is 1. The number of carbonyl (C=O) groups excluding carboxylic acids is 1. The van der Waals surface area contributed by atoms with E-state index in [0.717, 1.165) is 0 Å². The smallest absolute Gasteiger partial charge is 0.248 e. The van der Waals surface area contributed by atoms with Gasteiger partial charge in [0.25, 0.3) is 0 Å². The highest BCUT2D eigenvalue weighted by atomic mass is 19.1. The van der Waals surface area contributed by atoms with Gasteiger partial charge in [-0.05, 0) is 44.2 Å². The van der Waals surface area contributed by atoms with Crippen LogP contribution in [0.5, 0.6) is 5.75 Å². The largest absolute Gasteiger partial charge is 0.486 e. The summed E-state index contributed by atoms with van der Waals surface area (Å²) in [5.41, 5.74) is 0.780. The molecule has 0 saturated carbocycles. The Balaban J connectivity index is 1.47. The fraction of sp³-hybridized carbons (Fsp3) is 0.360. The van der Waals surface area contributed by atoms with Gasteiger partial charge in [0.05, 0.1) is 29.7 Å². The summed E-state index contributed by atoms with van der Waals surface area (Å²) in [6, 6.07) is 10.3. The van der Waals surface area contributed by atoms with Crippen molar-refractivity contribution in [1.82, 2.24) is 24.8 Å². The van der Waals surface area contributed by atoms with Crippen LogP contribution >= 0.6 is 0 Å². The molecule has 1 saturated heterocycles. The summed E-state index contributed by atoms with van der Waals surface area (Å²) >= 11 is 0. The van der Waals surface area contributed by atoms with Crippen LogP contribution < -0.4 is 10.1 Å². The van der Waals surface area contributed by atoms with Gasteiger partial charge in [-0.1, -0.05) is 0 Å². The van der Waals surface area contributed by atoms with Crippen molar-refractivity contribution in [3.05, 3.63) is 54.1 Å². The third-order valence-electron chi connectivity index (χ3n) is 5.82. The zero-order chi connectivity index (χ0) is 26.6. The lowest BCUT2D eigenvalue weighted by molar-refractivity contribution is -0.138. The number of ether oxygens (including phenoxy) is 1. The van der Waals surface area contributed by atoms with E-state index < -0.39 is 30.4 Å². The summed E-state index contributed by atoms with van der Waals surface area (Å²) in [6.45, 7) is 2.69. The standard InChI is InChI=1S/C25H26FN7O4/c1-25(2,36)21-6-4-17(11-28-21)31-24-30-14-29-23(32-24)15-3-5-19(16(9-15)10-27)37-20-7-8-33(12-18(20)26)22(35)13-34/h3-6,9,11,14,18,20,34,36H,7-8,12-13H2,1-2H3,(H,29,30,31,32). The number of pyridine rings is 1. The van der Waals surface area contributed by atoms with Crippen LogP contribution in [0.2, 0.25) is 0 Å². The molecule has 3 N–H and O–H groups in total. The highest BCUT2D eigenvalue weighted by molar-refractivity contribution is 5.77. The van der Waals surface area contributed by atoms with Crippen molar-refractivity contribution in [3.63, 3.8) is 0 Å². The first-order chi connectivity index (χ1) is 17.7. The van der Waals surface area contributed by atoms with Crippen molar-refractivity contribution in [3.8, 4) is 23.2 Å². The maximum atomic E-state index is 14.6. The molecular weight excluding hydrogens is 481 g/mol. The molecule has 3 aromatic rings. The number of rotatable bonds is 7. The Morgan fingerprint density at radius 2 is 2.11 bits per heavy atom. The van der Waals surface area contributed by atoms with E-state index in [9.17, 15) is 19.6 Å². The number of anilines is 2. The van der Waals surface area contributed by atoms with Gasteiger partial charge >= 0.3 is 0 Å². The van der Waals surface area contributed by atoms with Gasteiger partial charge in [-0.15, -0.1) is 0 Å². The van der Waals surface area contributed by atoms with Crippen LogP contribution in [0.25, 0.3) is 11.4 Å². The number of aliphatic hydroxyl groups excluding tert-OH is 1. The Morgan fingerprint density at radius 3 is 2.76 bits per heavy atom. The van der Waals surface area contributed by atoms with E-state index in [-0.39, 0.29) is 36.8 Å². The average molecular weight is 508 g/mol. The molecule has 11 nitrogen and oxygen atoms in total. The summed E-state index contributed by atoms with van der Waals surface area (Å²) in [5, 5.41) is 31.7. The molecule has 192 valence electrons. The number of nitrogens with zero attached hydrogens (tertiary/aromatic N) is 6.